The van der Waals surface area contributed by atoms with E-state index in [0.717, 1.165) is 13.1 Å². The number of amides is 1. The molecule has 1 atom stereocenters. The van der Waals surface area contributed by atoms with Crippen molar-refractivity contribution in [2.24, 2.45) is 0 Å². The monoisotopic (exact) mass is 156 g/mol. The van der Waals surface area contributed by atoms with Gasteiger partial charge in [0.1, 0.15) is 0 Å². The highest BCUT2D eigenvalue weighted by molar-refractivity contribution is 5.72. The molecule has 0 aliphatic carbocycles. The third kappa shape index (κ3) is 3.37. The molecule has 1 saturated heterocycles. The van der Waals surface area contributed by atoms with Gasteiger partial charge in [-0.2, -0.15) is 0 Å². The Bertz CT molecular complexity index is 130. The van der Waals surface area contributed by atoms with Crippen molar-refractivity contribution in [3.8, 4) is 0 Å². The molecule has 1 aliphatic heterocycles. The second kappa shape index (κ2) is 4.34. The van der Waals surface area contributed by atoms with E-state index in [1.165, 1.54) is 19.3 Å². The van der Waals surface area contributed by atoms with Crippen LogP contribution in [0.15, 0.2) is 0 Å². The molecule has 0 spiro atoms. The quantitative estimate of drug-likeness (QED) is 0.602. The van der Waals surface area contributed by atoms with Crippen LogP contribution >= 0.6 is 0 Å². The van der Waals surface area contributed by atoms with Crippen LogP contribution in [0.2, 0.25) is 0 Å². The summed E-state index contributed by atoms with van der Waals surface area (Å²) in [5, 5.41) is 6.17. The SMILES string of the molecule is CC(=O)NC[C@H]1CCCCN1. The molecule has 1 aliphatic rings. The highest BCUT2D eigenvalue weighted by Gasteiger charge is 2.11. The average molecular weight is 156 g/mol. The first-order valence-electron chi connectivity index (χ1n) is 4.27. The van der Waals surface area contributed by atoms with Crippen LogP contribution in [0.5, 0.6) is 0 Å². The first-order chi connectivity index (χ1) is 5.29. The third-order valence-corrected chi connectivity index (χ3v) is 2.01. The van der Waals surface area contributed by atoms with Crippen LogP contribution < -0.4 is 10.6 Å². The molecule has 2 N–H and O–H groups in total. The van der Waals surface area contributed by atoms with Gasteiger partial charge in [-0.05, 0) is 19.4 Å². The number of rotatable bonds is 2. The Kier molecular flexibility index (Phi) is 3.36. The van der Waals surface area contributed by atoms with E-state index in [9.17, 15) is 4.79 Å². The highest BCUT2D eigenvalue weighted by Crippen LogP contribution is 2.05. The van der Waals surface area contributed by atoms with Crippen molar-refractivity contribution in [2.75, 3.05) is 13.1 Å². The van der Waals surface area contributed by atoms with Gasteiger partial charge in [0.2, 0.25) is 5.91 Å². The second-order valence-electron chi connectivity index (χ2n) is 3.08. The van der Waals surface area contributed by atoms with Crippen LogP contribution in [0.3, 0.4) is 0 Å². The summed E-state index contributed by atoms with van der Waals surface area (Å²) < 4.78 is 0. The molecule has 1 fully saturated rings. The molecular weight excluding hydrogens is 140 g/mol. The van der Waals surface area contributed by atoms with E-state index in [-0.39, 0.29) is 5.91 Å². The summed E-state index contributed by atoms with van der Waals surface area (Å²) in [6, 6.07) is 0.507. The predicted molar refractivity (Wildman–Crippen MR) is 44.3 cm³/mol. The number of carbonyl (C=O) groups excluding carboxylic acids is 1. The van der Waals surface area contributed by atoms with E-state index in [1.807, 2.05) is 0 Å². The lowest BCUT2D eigenvalue weighted by Gasteiger charge is -2.23. The van der Waals surface area contributed by atoms with Gasteiger partial charge >= 0.3 is 0 Å². The van der Waals surface area contributed by atoms with Crippen molar-refractivity contribution in [3.63, 3.8) is 0 Å². The zero-order valence-corrected chi connectivity index (χ0v) is 7.02. The summed E-state index contributed by atoms with van der Waals surface area (Å²) in [4.78, 5) is 10.5. The normalized spacial score (nSPS) is 24.6. The molecule has 1 heterocycles. The zero-order valence-electron chi connectivity index (χ0n) is 7.02. The van der Waals surface area contributed by atoms with E-state index in [2.05, 4.69) is 10.6 Å². The highest BCUT2D eigenvalue weighted by atomic mass is 16.1. The smallest absolute Gasteiger partial charge is 0.216 e. The lowest BCUT2D eigenvalue weighted by atomic mass is 10.1. The number of hydrogen-bond donors (Lipinski definition) is 2. The van der Waals surface area contributed by atoms with Gasteiger partial charge < -0.3 is 10.6 Å². The molecular formula is C8H16N2O. The summed E-state index contributed by atoms with van der Waals surface area (Å²) in [6.07, 6.45) is 3.76. The minimum Gasteiger partial charge on any atom is -0.355 e. The minimum absolute atomic E-state index is 0.0670. The van der Waals surface area contributed by atoms with Crippen molar-refractivity contribution in [3.05, 3.63) is 0 Å². The van der Waals surface area contributed by atoms with Gasteiger partial charge in [-0.1, -0.05) is 6.42 Å². The molecule has 64 valence electrons. The Morgan fingerprint density at radius 2 is 2.45 bits per heavy atom. The molecule has 0 unspecified atom stereocenters. The Balaban J connectivity index is 2.09. The molecule has 0 aromatic carbocycles. The van der Waals surface area contributed by atoms with Gasteiger partial charge in [-0.25, -0.2) is 0 Å². The summed E-state index contributed by atoms with van der Waals surface area (Å²) in [6.45, 7) is 3.45. The number of hydrogen-bond acceptors (Lipinski definition) is 2. The Morgan fingerprint density at radius 3 is 3.00 bits per heavy atom. The van der Waals surface area contributed by atoms with Gasteiger partial charge in [0.05, 0.1) is 0 Å². The average Bonchev–Trinajstić information content (AvgIpc) is 2.03. The fraction of sp³-hybridized carbons (Fsp3) is 0.875. The number of piperidine rings is 1. The second-order valence-corrected chi connectivity index (χ2v) is 3.08. The van der Waals surface area contributed by atoms with E-state index in [1.54, 1.807) is 6.92 Å². The predicted octanol–water partition coefficient (Wildman–Crippen LogP) is 0.265. The molecule has 0 aromatic heterocycles. The van der Waals surface area contributed by atoms with Crippen LogP contribution in [-0.4, -0.2) is 25.0 Å². The van der Waals surface area contributed by atoms with E-state index in [4.69, 9.17) is 0 Å². The molecule has 11 heavy (non-hydrogen) atoms. The van der Waals surface area contributed by atoms with E-state index in [0.29, 0.717) is 6.04 Å². The van der Waals surface area contributed by atoms with Crippen LogP contribution in [0.25, 0.3) is 0 Å². The van der Waals surface area contributed by atoms with Crippen LogP contribution in [-0.2, 0) is 4.79 Å². The Labute approximate surface area is 67.5 Å². The zero-order chi connectivity index (χ0) is 8.10. The standard InChI is InChI=1S/C8H16N2O/c1-7(11)10-6-8-4-2-3-5-9-8/h8-9H,2-6H2,1H3,(H,10,11)/t8-/m1/s1. The van der Waals surface area contributed by atoms with Crippen molar-refractivity contribution < 1.29 is 4.79 Å². The maximum absolute atomic E-state index is 10.5. The topological polar surface area (TPSA) is 41.1 Å². The van der Waals surface area contributed by atoms with E-state index < -0.39 is 0 Å². The maximum atomic E-state index is 10.5. The maximum Gasteiger partial charge on any atom is 0.216 e. The Hall–Kier alpha value is -0.570. The van der Waals surface area contributed by atoms with Crippen LogP contribution in [0.1, 0.15) is 26.2 Å². The van der Waals surface area contributed by atoms with Crippen LogP contribution in [0.4, 0.5) is 0 Å². The summed E-state index contributed by atoms with van der Waals surface area (Å²) in [5.41, 5.74) is 0. The van der Waals surface area contributed by atoms with Gasteiger partial charge in [0.15, 0.2) is 0 Å². The molecule has 1 rings (SSSR count). The van der Waals surface area contributed by atoms with Crippen LogP contribution in [0, 0.1) is 0 Å². The molecule has 0 radical (unpaired) electrons. The fourth-order valence-corrected chi connectivity index (χ4v) is 1.37. The molecule has 0 aromatic rings. The summed E-state index contributed by atoms with van der Waals surface area (Å²) in [5.74, 6) is 0.0670. The Morgan fingerprint density at radius 1 is 1.64 bits per heavy atom. The summed E-state index contributed by atoms with van der Waals surface area (Å²) >= 11 is 0. The first kappa shape index (κ1) is 8.53. The fourth-order valence-electron chi connectivity index (χ4n) is 1.37. The molecule has 0 bridgehead atoms. The lowest BCUT2D eigenvalue weighted by Crippen LogP contribution is -2.42. The van der Waals surface area contributed by atoms with E-state index >= 15 is 0 Å². The van der Waals surface area contributed by atoms with Gasteiger partial charge in [0, 0.05) is 19.5 Å². The molecule has 0 saturated carbocycles. The largest absolute Gasteiger partial charge is 0.355 e. The molecule has 3 heteroatoms. The van der Waals surface area contributed by atoms with Gasteiger partial charge in [-0.3, -0.25) is 4.79 Å². The number of nitrogens with one attached hydrogen (secondary N) is 2. The van der Waals surface area contributed by atoms with Crippen molar-refractivity contribution in [1.82, 2.24) is 10.6 Å². The van der Waals surface area contributed by atoms with Crippen molar-refractivity contribution >= 4 is 5.91 Å². The van der Waals surface area contributed by atoms with Gasteiger partial charge in [0.25, 0.3) is 0 Å². The van der Waals surface area contributed by atoms with Crippen molar-refractivity contribution in [2.45, 2.75) is 32.2 Å². The number of carbonyl (C=O) groups is 1. The summed E-state index contributed by atoms with van der Waals surface area (Å²) in [7, 11) is 0. The molecule has 3 nitrogen and oxygen atoms in total. The minimum atomic E-state index is 0.0670. The lowest BCUT2D eigenvalue weighted by molar-refractivity contribution is -0.119. The van der Waals surface area contributed by atoms with Gasteiger partial charge in [-0.15, -0.1) is 0 Å². The third-order valence-electron chi connectivity index (χ3n) is 2.01. The first-order valence-corrected chi connectivity index (χ1v) is 4.27. The van der Waals surface area contributed by atoms with Crippen molar-refractivity contribution in [1.29, 1.82) is 0 Å². The molecule has 1 amide bonds.